The van der Waals surface area contributed by atoms with Crippen LogP contribution in [0.2, 0.25) is 5.02 Å². The van der Waals surface area contributed by atoms with Gasteiger partial charge in [0.1, 0.15) is 23.9 Å². The predicted molar refractivity (Wildman–Crippen MR) is 129 cm³/mol. The molecule has 32 heavy (non-hydrogen) atoms. The Labute approximate surface area is 192 Å². The fraction of sp³-hybridized carbons (Fsp3) is 0.231. The predicted octanol–water partition coefficient (Wildman–Crippen LogP) is 6.26. The largest absolute Gasteiger partial charge is 0.496 e. The summed E-state index contributed by atoms with van der Waals surface area (Å²) in [4.78, 5) is 20.0. The molecule has 0 aliphatic rings. The van der Waals surface area contributed by atoms with Crippen LogP contribution in [0.15, 0.2) is 59.4 Å². The molecular formula is C26H25ClN2O3. The van der Waals surface area contributed by atoms with Crippen LogP contribution in [0.25, 0.3) is 22.3 Å². The molecule has 0 radical (unpaired) electrons. The van der Waals surface area contributed by atoms with Crippen molar-refractivity contribution in [2.24, 2.45) is 0 Å². The van der Waals surface area contributed by atoms with Gasteiger partial charge in [-0.3, -0.25) is 4.79 Å². The Balaban J connectivity index is 1.70. The number of aromatic amines is 1. The minimum absolute atomic E-state index is 0.169. The molecule has 1 heterocycles. The second-order valence-electron chi connectivity index (χ2n) is 8.04. The van der Waals surface area contributed by atoms with Gasteiger partial charge >= 0.3 is 0 Å². The van der Waals surface area contributed by atoms with Crippen LogP contribution in [0.5, 0.6) is 11.5 Å². The summed E-state index contributed by atoms with van der Waals surface area (Å²) in [6.45, 7) is 6.48. The molecule has 0 saturated heterocycles. The topological polar surface area (TPSA) is 64.2 Å². The first-order valence-corrected chi connectivity index (χ1v) is 10.8. The standard InChI is InChI=1S/C26H25ClN2O3/c1-15(2)20-13-21(27)16(3)11-24(20)32-14-18-12-17(9-10-23(18)31-4)25-28-22-8-6-5-7-19(22)26(30)29-25/h5-13,15H,14H2,1-4H3,(H,28,29,30). The number of fused-ring (bicyclic) bond motifs is 1. The van der Waals surface area contributed by atoms with Crippen LogP contribution in [-0.2, 0) is 6.61 Å². The smallest absolute Gasteiger partial charge is 0.259 e. The summed E-state index contributed by atoms with van der Waals surface area (Å²) in [6, 6.07) is 16.9. The molecule has 0 aliphatic heterocycles. The second kappa shape index (κ2) is 9.05. The number of hydrogen-bond acceptors (Lipinski definition) is 4. The Kier molecular flexibility index (Phi) is 6.19. The fourth-order valence-electron chi connectivity index (χ4n) is 3.66. The highest BCUT2D eigenvalue weighted by Gasteiger charge is 2.14. The zero-order chi connectivity index (χ0) is 22.8. The summed E-state index contributed by atoms with van der Waals surface area (Å²) in [7, 11) is 1.63. The number of aryl methyl sites for hydroxylation is 1. The SMILES string of the molecule is COc1ccc(-c2nc3ccccc3c(=O)[nH]2)cc1COc1cc(C)c(Cl)cc1C(C)C. The van der Waals surface area contributed by atoms with E-state index in [4.69, 9.17) is 21.1 Å². The van der Waals surface area contributed by atoms with E-state index in [0.29, 0.717) is 29.1 Å². The number of nitrogens with zero attached hydrogens (tertiary/aromatic N) is 1. The minimum Gasteiger partial charge on any atom is -0.496 e. The first kappa shape index (κ1) is 21.9. The van der Waals surface area contributed by atoms with Crippen LogP contribution in [0, 0.1) is 6.92 Å². The molecule has 0 atom stereocenters. The Morgan fingerprint density at radius 3 is 2.59 bits per heavy atom. The lowest BCUT2D eigenvalue weighted by atomic mass is 10.0. The van der Waals surface area contributed by atoms with Gasteiger partial charge in [-0.1, -0.05) is 37.6 Å². The van der Waals surface area contributed by atoms with Crippen molar-refractivity contribution in [1.29, 1.82) is 0 Å². The van der Waals surface area contributed by atoms with Gasteiger partial charge in [-0.25, -0.2) is 4.98 Å². The van der Waals surface area contributed by atoms with E-state index >= 15 is 0 Å². The quantitative estimate of drug-likeness (QED) is 0.378. The first-order chi connectivity index (χ1) is 15.4. The maximum absolute atomic E-state index is 12.5. The molecule has 4 rings (SSSR count). The molecule has 6 heteroatoms. The van der Waals surface area contributed by atoms with E-state index < -0.39 is 0 Å². The zero-order valence-electron chi connectivity index (χ0n) is 18.5. The molecule has 0 saturated carbocycles. The van der Waals surface area contributed by atoms with Gasteiger partial charge in [0.05, 0.1) is 18.0 Å². The number of benzene rings is 3. The zero-order valence-corrected chi connectivity index (χ0v) is 19.3. The average molecular weight is 449 g/mol. The number of methoxy groups -OCH3 is 1. The number of H-pyrrole nitrogens is 1. The summed E-state index contributed by atoms with van der Waals surface area (Å²) in [5, 5.41) is 1.29. The van der Waals surface area contributed by atoms with Crippen molar-refractivity contribution in [2.45, 2.75) is 33.3 Å². The molecule has 164 valence electrons. The molecule has 0 fully saturated rings. The third-order valence-electron chi connectivity index (χ3n) is 5.46. The van der Waals surface area contributed by atoms with E-state index in [-0.39, 0.29) is 11.5 Å². The molecule has 1 aromatic heterocycles. The van der Waals surface area contributed by atoms with Crippen LogP contribution in [0.3, 0.4) is 0 Å². The Bertz CT molecular complexity index is 1340. The van der Waals surface area contributed by atoms with Crippen LogP contribution in [0.4, 0.5) is 0 Å². The van der Waals surface area contributed by atoms with Gasteiger partial charge in [0.2, 0.25) is 0 Å². The van der Waals surface area contributed by atoms with Crippen molar-refractivity contribution in [3.05, 3.63) is 86.7 Å². The summed E-state index contributed by atoms with van der Waals surface area (Å²) >= 11 is 6.33. The Morgan fingerprint density at radius 2 is 1.84 bits per heavy atom. The number of aromatic nitrogens is 2. The van der Waals surface area contributed by atoms with Crippen molar-refractivity contribution in [2.75, 3.05) is 7.11 Å². The number of hydrogen-bond donors (Lipinski definition) is 1. The highest BCUT2D eigenvalue weighted by atomic mass is 35.5. The van der Waals surface area contributed by atoms with E-state index in [9.17, 15) is 4.79 Å². The summed E-state index contributed by atoms with van der Waals surface area (Å²) < 4.78 is 11.8. The highest BCUT2D eigenvalue weighted by Crippen LogP contribution is 2.33. The van der Waals surface area contributed by atoms with Gasteiger partial charge in [-0.2, -0.15) is 0 Å². The van der Waals surface area contributed by atoms with Gasteiger partial charge < -0.3 is 14.5 Å². The number of rotatable bonds is 6. The van der Waals surface area contributed by atoms with E-state index in [1.54, 1.807) is 13.2 Å². The van der Waals surface area contributed by atoms with Gasteiger partial charge in [0.15, 0.2) is 0 Å². The van der Waals surface area contributed by atoms with E-state index in [2.05, 4.69) is 23.8 Å². The lowest BCUT2D eigenvalue weighted by Gasteiger charge is -2.17. The maximum atomic E-state index is 12.5. The highest BCUT2D eigenvalue weighted by molar-refractivity contribution is 6.31. The van der Waals surface area contributed by atoms with Gasteiger partial charge in [-0.15, -0.1) is 0 Å². The van der Waals surface area contributed by atoms with Crippen LogP contribution in [0.1, 0.15) is 36.5 Å². The molecule has 4 aromatic rings. The summed E-state index contributed by atoms with van der Waals surface area (Å²) in [5.74, 6) is 2.27. The van der Waals surface area contributed by atoms with Crippen molar-refractivity contribution in [3.63, 3.8) is 0 Å². The van der Waals surface area contributed by atoms with Crippen LogP contribution in [-0.4, -0.2) is 17.1 Å². The number of halogens is 1. The lowest BCUT2D eigenvalue weighted by Crippen LogP contribution is -2.09. The maximum Gasteiger partial charge on any atom is 0.259 e. The molecule has 0 amide bonds. The van der Waals surface area contributed by atoms with Crippen molar-refractivity contribution in [1.82, 2.24) is 9.97 Å². The number of nitrogens with one attached hydrogen (secondary N) is 1. The van der Waals surface area contributed by atoms with Crippen LogP contribution >= 0.6 is 11.6 Å². The second-order valence-corrected chi connectivity index (χ2v) is 8.45. The average Bonchev–Trinajstić information content (AvgIpc) is 2.79. The summed E-state index contributed by atoms with van der Waals surface area (Å²) in [6.07, 6.45) is 0. The third kappa shape index (κ3) is 4.34. The Hall–Kier alpha value is -3.31. The monoisotopic (exact) mass is 448 g/mol. The molecule has 0 bridgehead atoms. The van der Waals surface area contributed by atoms with Gasteiger partial charge in [-0.05, 0) is 66.4 Å². The van der Waals surface area contributed by atoms with Crippen molar-refractivity contribution < 1.29 is 9.47 Å². The number of ether oxygens (including phenoxy) is 2. The molecular weight excluding hydrogens is 424 g/mol. The van der Waals surface area contributed by atoms with Crippen molar-refractivity contribution >= 4 is 22.5 Å². The third-order valence-corrected chi connectivity index (χ3v) is 5.87. The molecule has 1 N–H and O–H groups in total. The molecule has 0 spiro atoms. The summed E-state index contributed by atoms with van der Waals surface area (Å²) in [5.41, 5.74) is 4.13. The Morgan fingerprint density at radius 1 is 1.06 bits per heavy atom. The normalized spacial score (nSPS) is 11.2. The van der Waals surface area contributed by atoms with E-state index in [1.807, 2.05) is 55.5 Å². The molecule has 5 nitrogen and oxygen atoms in total. The van der Waals surface area contributed by atoms with Crippen LogP contribution < -0.4 is 15.0 Å². The number of para-hydroxylation sites is 1. The van der Waals surface area contributed by atoms with E-state index in [1.165, 1.54) is 0 Å². The van der Waals surface area contributed by atoms with Crippen molar-refractivity contribution in [3.8, 4) is 22.9 Å². The fourth-order valence-corrected chi connectivity index (χ4v) is 3.84. The minimum atomic E-state index is -0.169. The van der Waals surface area contributed by atoms with E-state index in [0.717, 1.165) is 33.0 Å². The first-order valence-electron chi connectivity index (χ1n) is 10.5. The van der Waals surface area contributed by atoms with Gasteiger partial charge in [0.25, 0.3) is 5.56 Å². The molecule has 0 aliphatic carbocycles. The lowest BCUT2D eigenvalue weighted by molar-refractivity contribution is 0.292. The molecule has 3 aromatic carbocycles. The molecule has 0 unspecified atom stereocenters. The van der Waals surface area contributed by atoms with Gasteiger partial charge in [0, 0.05) is 16.1 Å².